The van der Waals surface area contributed by atoms with Gasteiger partial charge in [0.2, 0.25) is 0 Å². The number of rotatable bonds is 3. The van der Waals surface area contributed by atoms with Gasteiger partial charge in [0.05, 0.1) is 17.4 Å². The molecule has 0 saturated carbocycles. The molecular formula is C14H15Cl2N3. The quantitative estimate of drug-likeness (QED) is 0.938. The first-order valence-corrected chi connectivity index (χ1v) is 6.71. The Morgan fingerprint density at radius 3 is 2.47 bits per heavy atom. The van der Waals surface area contributed by atoms with Gasteiger partial charge in [0.1, 0.15) is 0 Å². The van der Waals surface area contributed by atoms with Gasteiger partial charge in [-0.2, -0.15) is 10.2 Å². The number of aromatic nitrogens is 2. The Balaban J connectivity index is 2.55. The lowest BCUT2D eigenvalue weighted by Gasteiger charge is -2.20. The molecule has 1 aromatic carbocycles. The number of hydrogen-bond donors (Lipinski definition) is 1. The molecule has 0 amide bonds. The Bertz CT molecular complexity index is 548. The molecule has 100 valence electrons. The SMILES string of the molecule is CNC(c1cc(Cl)ccc1Cl)c1cc(C)nnc1C. The molecule has 5 heteroatoms. The lowest BCUT2D eigenvalue weighted by atomic mass is 9.97. The van der Waals surface area contributed by atoms with E-state index in [1.54, 1.807) is 12.1 Å². The summed E-state index contributed by atoms with van der Waals surface area (Å²) in [6.07, 6.45) is 0. The molecule has 1 atom stereocenters. The highest BCUT2D eigenvalue weighted by atomic mass is 35.5. The molecule has 1 unspecified atom stereocenters. The van der Waals surface area contributed by atoms with Crippen LogP contribution >= 0.6 is 23.2 Å². The highest BCUT2D eigenvalue weighted by molar-refractivity contribution is 6.33. The molecule has 3 nitrogen and oxygen atoms in total. The van der Waals surface area contributed by atoms with Crippen molar-refractivity contribution in [1.29, 1.82) is 0 Å². The van der Waals surface area contributed by atoms with Crippen LogP contribution in [0.25, 0.3) is 0 Å². The van der Waals surface area contributed by atoms with Gasteiger partial charge >= 0.3 is 0 Å². The van der Waals surface area contributed by atoms with E-state index < -0.39 is 0 Å². The van der Waals surface area contributed by atoms with Gasteiger partial charge in [-0.3, -0.25) is 0 Å². The van der Waals surface area contributed by atoms with Crippen LogP contribution in [0.3, 0.4) is 0 Å². The summed E-state index contributed by atoms with van der Waals surface area (Å²) in [7, 11) is 1.89. The number of nitrogens with one attached hydrogen (secondary N) is 1. The van der Waals surface area contributed by atoms with Crippen LogP contribution < -0.4 is 5.32 Å². The summed E-state index contributed by atoms with van der Waals surface area (Å²) in [4.78, 5) is 0. The first-order chi connectivity index (χ1) is 9.02. The Morgan fingerprint density at radius 1 is 1.05 bits per heavy atom. The van der Waals surface area contributed by atoms with E-state index in [9.17, 15) is 0 Å². The third-order valence-corrected chi connectivity index (χ3v) is 3.59. The van der Waals surface area contributed by atoms with Gasteiger partial charge in [-0.25, -0.2) is 0 Å². The van der Waals surface area contributed by atoms with E-state index in [4.69, 9.17) is 23.2 Å². The highest BCUT2D eigenvalue weighted by Crippen LogP contribution is 2.31. The van der Waals surface area contributed by atoms with Crippen LogP contribution in [0.5, 0.6) is 0 Å². The third kappa shape index (κ3) is 3.06. The van der Waals surface area contributed by atoms with Crippen molar-refractivity contribution in [2.24, 2.45) is 0 Å². The molecule has 2 rings (SSSR count). The van der Waals surface area contributed by atoms with Crippen molar-refractivity contribution in [2.45, 2.75) is 19.9 Å². The molecule has 1 N–H and O–H groups in total. The summed E-state index contributed by atoms with van der Waals surface area (Å²) < 4.78 is 0. The summed E-state index contributed by atoms with van der Waals surface area (Å²) in [5.41, 5.74) is 3.74. The molecule has 0 spiro atoms. The van der Waals surface area contributed by atoms with E-state index in [-0.39, 0.29) is 6.04 Å². The van der Waals surface area contributed by atoms with Crippen LogP contribution in [0.4, 0.5) is 0 Å². The van der Waals surface area contributed by atoms with Crippen LogP contribution in [0, 0.1) is 13.8 Å². The zero-order valence-electron chi connectivity index (χ0n) is 11.0. The van der Waals surface area contributed by atoms with Crippen molar-refractivity contribution in [3.63, 3.8) is 0 Å². The molecular weight excluding hydrogens is 281 g/mol. The number of hydrogen-bond acceptors (Lipinski definition) is 3. The van der Waals surface area contributed by atoms with Crippen molar-refractivity contribution in [3.05, 3.63) is 56.8 Å². The van der Waals surface area contributed by atoms with E-state index in [0.717, 1.165) is 22.5 Å². The first kappa shape index (κ1) is 14.3. The molecule has 0 fully saturated rings. The fourth-order valence-electron chi connectivity index (χ4n) is 2.08. The van der Waals surface area contributed by atoms with Crippen molar-refractivity contribution >= 4 is 23.2 Å². The molecule has 0 saturated heterocycles. The van der Waals surface area contributed by atoms with E-state index in [2.05, 4.69) is 15.5 Å². The van der Waals surface area contributed by atoms with Crippen LogP contribution in [0.2, 0.25) is 10.0 Å². The zero-order valence-corrected chi connectivity index (χ0v) is 12.5. The summed E-state index contributed by atoms with van der Waals surface area (Å²) >= 11 is 12.3. The Kier molecular flexibility index (Phi) is 4.40. The van der Waals surface area contributed by atoms with Crippen molar-refractivity contribution < 1.29 is 0 Å². The third-order valence-electron chi connectivity index (χ3n) is 3.01. The number of halogens is 2. The average molecular weight is 296 g/mol. The topological polar surface area (TPSA) is 37.8 Å². The van der Waals surface area contributed by atoms with E-state index in [1.165, 1.54) is 0 Å². The van der Waals surface area contributed by atoms with E-state index in [0.29, 0.717) is 10.0 Å². The molecule has 0 aliphatic rings. The number of nitrogens with zero attached hydrogens (tertiary/aromatic N) is 2. The van der Waals surface area contributed by atoms with Crippen molar-refractivity contribution in [2.75, 3.05) is 7.05 Å². The molecule has 2 aromatic rings. The largest absolute Gasteiger partial charge is 0.309 e. The second-order valence-corrected chi connectivity index (χ2v) is 5.26. The molecule has 0 radical (unpaired) electrons. The van der Waals surface area contributed by atoms with E-state index >= 15 is 0 Å². The van der Waals surface area contributed by atoms with Gasteiger partial charge in [-0.05, 0) is 56.3 Å². The summed E-state index contributed by atoms with van der Waals surface area (Å²) in [6.45, 7) is 3.85. The fraction of sp³-hybridized carbons (Fsp3) is 0.286. The molecule has 0 aliphatic carbocycles. The standard InChI is InChI=1S/C14H15Cl2N3/c1-8-6-11(9(2)19-18-8)14(17-3)12-7-10(15)4-5-13(12)16/h4-7,14,17H,1-3H3. The first-order valence-electron chi connectivity index (χ1n) is 5.96. The molecule has 1 aromatic heterocycles. The molecule has 19 heavy (non-hydrogen) atoms. The fourth-order valence-corrected chi connectivity index (χ4v) is 2.48. The van der Waals surface area contributed by atoms with Gasteiger partial charge in [0, 0.05) is 10.0 Å². The molecule has 1 heterocycles. The summed E-state index contributed by atoms with van der Waals surface area (Å²) in [6, 6.07) is 7.42. The number of benzene rings is 1. The van der Waals surface area contributed by atoms with Crippen LogP contribution in [0.15, 0.2) is 24.3 Å². The Morgan fingerprint density at radius 2 is 1.79 bits per heavy atom. The normalized spacial score (nSPS) is 12.5. The minimum Gasteiger partial charge on any atom is -0.309 e. The van der Waals surface area contributed by atoms with Gasteiger partial charge in [-0.1, -0.05) is 23.2 Å². The Labute approximate surface area is 123 Å². The second-order valence-electron chi connectivity index (χ2n) is 4.41. The van der Waals surface area contributed by atoms with Crippen LogP contribution in [-0.2, 0) is 0 Å². The second kappa shape index (κ2) is 5.87. The lowest BCUT2D eigenvalue weighted by molar-refractivity contribution is 0.675. The lowest BCUT2D eigenvalue weighted by Crippen LogP contribution is -2.20. The van der Waals surface area contributed by atoms with Gasteiger partial charge < -0.3 is 5.32 Å². The van der Waals surface area contributed by atoms with Gasteiger partial charge in [-0.15, -0.1) is 0 Å². The van der Waals surface area contributed by atoms with E-state index in [1.807, 2.05) is 33.0 Å². The predicted octanol–water partition coefficient (Wildman–Crippen LogP) is 3.71. The minimum atomic E-state index is -0.0552. The maximum atomic E-state index is 6.28. The zero-order chi connectivity index (χ0) is 14.0. The smallest absolute Gasteiger partial charge is 0.0651 e. The van der Waals surface area contributed by atoms with Crippen LogP contribution in [-0.4, -0.2) is 17.2 Å². The van der Waals surface area contributed by atoms with Gasteiger partial charge in [0.15, 0.2) is 0 Å². The highest BCUT2D eigenvalue weighted by Gasteiger charge is 2.18. The molecule has 0 bridgehead atoms. The Hall–Kier alpha value is -1.16. The predicted molar refractivity (Wildman–Crippen MR) is 78.9 cm³/mol. The summed E-state index contributed by atoms with van der Waals surface area (Å²) in [5, 5.41) is 12.8. The number of aryl methyl sites for hydroxylation is 2. The van der Waals surface area contributed by atoms with Gasteiger partial charge in [0.25, 0.3) is 0 Å². The molecule has 0 aliphatic heterocycles. The monoisotopic (exact) mass is 295 g/mol. The van der Waals surface area contributed by atoms with Crippen molar-refractivity contribution in [1.82, 2.24) is 15.5 Å². The van der Waals surface area contributed by atoms with Crippen LogP contribution in [0.1, 0.15) is 28.6 Å². The van der Waals surface area contributed by atoms with Crippen molar-refractivity contribution in [3.8, 4) is 0 Å². The average Bonchev–Trinajstić information content (AvgIpc) is 2.38. The summed E-state index contributed by atoms with van der Waals surface area (Å²) in [5.74, 6) is 0. The minimum absolute atomic E-state index is 0.0552. The maximum Gasteiger partial charge on any atom is 0.0651 e. The maximum absolute atomic E-state index is 6.28.